The highest BCUT2D eigenvalue weighted by atomic mass is 35.5. The third-order valence-corrected chi connectivity index (χ3v) is 6.84. The Balaban J connectivity index is 1.62. The van der Waals surface area contributed by atoms with E-state index in [1.807, 2.05) is 6.07 Å². The molecule has 0 radical (unpaired) electrons. The van der Waals surface area contributed by atoms with E-state index in [9.17, 15) is 19.1 Å². The summed E-state index contributed by atoms with van der Waals surface area (Å²) in [5.41, 5.74) is 0.923. The molecule has 37 heavy (non-hydrogen) atoms. The summed E-state index contributed by atoms with van der Waals surface area (Å²) in [4.78, 5) is 54.5. The third kappa shape index (κ3) is 7.07. The lowest BCUT2D eigenvalue weighted by Crippen LogP contribution is -2.33. The van der Waals surface area contributed by atoms with Gasteiger partial charge < -0.3 is 24.7 Å². The molecule has 0 bridgehead atoms. The third-order valence-electron chi connectivity index (χ3n) is 5.65. The Morgan fingerprint density at radius 1 is 1.32 bits per heavy atom. The fourth-order valence-corrected chi connectivity index (χ4v) is 5.14. The number of hydrogen-bond donors (Lipinski definition) is 3. The van der Waals surface area contributed by atoms with Crippen molar-refractivity contribution in [1.82, 2.24) is 19.9 Å². The van der Waals surface area contributed by atoms with Crippen molar-refractivity contribution in [3.8, 4) is 5.75 Å². The number of rotatable bonds is 9. The number of nitrogens with one attached hydrogen (secondary N) is 1. The number of aromatic nitrogens is 4. The number of halogens is 1. The molecule has 0 unspecified atom stereocenters. The number of amides is 1. The van der Waals surface area contributed by atoms with E-state index >= 15 is 0 Å². The molecule has 1 aliphatic rings. The van der Waals surface area contributed by atoms with Gasteiger partial charge in [0, 0.05) is 37.7 Å². The maximum absolute atomic E-state index is 12.9. The zero-order valence-electron chi connectivity index (χ0n) is 19.9. The van der Waals surface area contributed by atoms with E-state index in [1.165, 1.54) is 31.9 Å². The first-order valence-corrected chi connectivity index (χ1v) is 13.5. The van der Waals surface area contributed by atoms with Gasteiger partial charge in [0.1, 0.15) is 17.1 Å². The molecular weight excluding hydrogens is 521 g/mol. The monoisotopic (exact) mass is 545 g/mol. The summed E-state index contributed by atoms with van der Waals surface area (Å²) in [5, 5.41) is 3.58. The van der Waals surface area contributed by atoms with Crippen LogP contribution in [0.1, 0.15) is 34.6 Å². The average molecular weight is 546 g/mol. The lowest BCUT2D eigenvalue weighted by atomic mass is 10.2. The Morgan fingerprint density at radius 2 is 2.11 bits per heavy atom. The number of anilines is 2. The van der Waals surface area contributed by atoms with Gasteiger partial charge >= 0.3 is 7.60 Å². The number of carbonyl (C=O) groups excluding carboxylic acids is 1. The highest BCUT2D eigenvalue weighted by Gasteiger charge is 2.32. The fourth-order valence-electron chi connectivity index (χ4n) is 3.93. The molecule has 194 valence electrons. The highest BCUT2D eigenvalue weighted by Crippen LogP contribution is 2.39. The van der Waals surface area contributed by atoms with Crippen LogP contribution in [0, 0.1) is 0 Å². The van der Waals surface area contributed by atoms with Crippen molar-refractivity contribution >= 4 is 43.1 Å². The normalized spacial score (nSPS) is 15.8. The lowest BCUT2D eigenvalue weighted by molar-refractivity contribution is 0.100. The molecule has 1 atom stereocenters. The van der Waals surface area contributed by atoms with Crippen molar-refractivity contribution in [3.05, 3.63) is 64.8 Å². The summed E-state index contributed by atoms with van der Waals surface area (Å²) >= 11 is 6.24. The van der Waals surface area contributed by atoms with E-state index < -0.39 is 19.5 Å². The summed E-state index contributed by atoms with van der Waals surface area (Å²) in [5.74, 6) is 0.678. The van der Waals surface area contributed by atoms with Crippen LogP contribution in [0.15, 0.2) is 47.8 Å². The average Bonchev–Trinajstić information content (AvgIpc) is 3.33. The second kappa shape index (κ2) is 11.7. The molecule has 1 aromatic carbocycles. The molecular formula is C23H25ClN7O5P. The largest absolute Gasteiger partial charge is 0.495 e. The van der Waals surface area contributed by atoms with Crippen molar-refractivity contribution in [2.45, 2.75) is 25.4 Å². The van der Waals surface area contributed by atoms with E-state index in [1.54, 1.807) is 23.1 Å². The first-order valence-electron chi connectivity index (χ1n) is 11.3. The number of benzene rings is 1. The smallest absolute Gasteiger partial charge is 0.327 e. The Hall–Kier alpha value is -3.44. The Morgan fingerprint density at radius 3 is 2.81 bits per heavy atom. The molecule has 12 nitrogen and oxygen atoms in total. The summed E-state index contributed by atoms with van der Waals surface area (Å²) in [6.45, 7) is 0.812. The molecule has 0 spiro atoms. The van der Waals surface area contributed by atoms with Crippen molar-refractivity contribution in [3.63, 3.8) is 0 Å². The van der Waals surface area contributed by atoms with Crippen molar-refractivity contribution in [2.24, 2.45) is 4.99 Å². The predicted molar refractivity (Wildman–Crippen MR) is 139 cm³/mol. The standard InChI is InChI=1S/C23H25ClN7O5P/c1-36-19-6-5-15(10-18(19)24)11-27-21-17(22(32)28-13-20-25-7-3-8-26-20)12-29-23(30-21)31-9-2-4-16(31)14-37(33,34)35/h3,5-8,10,12-13,16H,2,4,9,11,14H2,1H3,(H,27,29,30)(H2,33,34,35)/t16-/m0/s1. The number of aliphatic imine (C=N–C) groups is 1. The predicted octanol–water partition coefficient (Wildman–Crippen LogP) is 2.95. The number of ether oxygens (including phenoxy) is 1. The Bertz CT molecular complexity index is 1340. The summed E-state index contributed by atoms with van der Waals surface area (Å²) < 4.78 is 16.8. The topological polar surface area (TPSA) is 163 Å². The maximum atomic E-state index is 12.9. The Labute approximate surface area is 218 Å². The molecule has 3 N–H and O–H groups in total. The molecule has 0 saturated carbocycles. The minimum absolute atomic E-state index is 0.112. The highest BCUT2D eigenvalue weighted by molar-refractivity contribution is 7.51. The van der Waals surface area contributed by atoms with Crippen molar-refractivity contribution in [1.29, 1.82) is 0 Å². The van der Waals surface area contributed by atoms with E-state index in [0.29, 0.717) is 23.7 Å². The van der Waals surface area contributed by atoms with Gasteiger partial charge in [0.15, 0.2) is 5.82 Å². The molecule has 14 heteroatoms. The molecule has 1 fully saturated rings. The maximum Gasteiger partial charge on any atom is 0.327 e. The van der Waals surface area contributed by atoms with Crippen LogP contribution in [-0.4, -0.2) is 67.7 Å². The van der Waals surface area contributed by atoms with Gasteiger partial charge in [-0.05, 0) is 36.6 Å². The fraction of sp³-hybridized carbons (Fsp3) is 0.304. The van der Waals surface area contributed by atoms with Gasteiger partial charge in [0.05, 0.1) is 24.5 Å². The summed E-state index contributed by atoms with van der Waals surface area (Å²) in [6, 6.07) is 6.53. The molecule has 2 aromatic heterocycles. The molecule has 3 aromatic rings. The minimum atomic E-state index is -4.23. The lowest BCUT2D eigenvalue weighted by Gasteiger charge is -2.25. The quantitative estimate of drug-likeness (QED) is 0.267. The molecule has 0 aliphatic carbocycles. The van der Waals surface area contributed by atoms with Crippen LogP contribution in [0.5, 0.6) is 5.75 Å². The zero-order chi connectivity index (χ0) is 26.4. The van der Waals surface area contributed by atoms with Crippen molar-refractivity contribution < 1.29 is 23.9 Å². The number of methoxy groups -OCH3 is 1. The first kappa shape index (κ1) is 26.6. The van der Waals surface area contributed by atoms with Gasteiger partial charge in [0.25, 0.3) is 5.91 Å². The van der Waals surface area contributed by atoms with Crippen LogP contribution < -0.4 is 15.0 Å². The van der Waals surface area contributed by atoms with Gasteiger partial charge in [0.2, 0.25) is 5.95 Å². The van der Waals surface area contributed by atoms with Crippen LogP contribution in [0.25, 0.3) is 0 Å². The van der Waals surface area contributed by atoms with Crippen LogP contribution in [0.4, 0.5) is 11.8 Å². The second-order valence-electron chi connectivity index (χ2n) is 8.26. The van der Waals surface area contributed by atoms with E-state index in [0.717, 1.165) is 12.0 Å². The van der Waals surface area contributed by atoms with E-state index in [2.05, 4.69) is 30.2 Å². The molecule has 1 saturated heterocycles. The molecule has 1 aliphatic heterocycles. The second-order valence-corrected chi connectivity index (χ2v) is 10.4. The van der Waals surface area contributed by atoms with Crippen LogP contribution >= 0.6 is 19.2 Å². The van der Waals surface area contributed by atoms with Crippen LogP contribution in [0.3, 0.4) is 0 Å². The van der Waals surface area contributed by atoms with Crippen molar-refractivity contribution in [2.75, 3.05) is 30.0 Å². The van der Waals surface area contributed by atoms with Gasteiger partial charge in [-0.1, -0.05) is 17.7 Å². The SMILES string of the molecule is COc1ccc(CNc2nc(N3CCC[C@H]3CP(=O)(O)O)ncc2C(=O)N=Cc2ncccn2)cc1Cl. The zero-order valence-corrected chi connectivity index (χ0v) is 21.5. The first-order chi connectivity index (χ1) is 17.7. The van der Waals surface area contributed by atoms with Gasteiger partial charge in [-0.3, -0.25) is 9.36 Å². The van der Waals surface area contributed by atoms with Crippen LogP contribution in [-0.2, 0) is 11.1 Å². The number of carbonyl (C=O) groups is 1. The number of nitrogens with zero attached hydrogens (tertiary/aromatic N) is 6. The molecule has 3 heterocycles. The van der Waals surface area contributed by atoms with Gasteiger partial charge in [-0.15, -0.1) is 0 Å². The van der Waals surface area contributed by atoms with E-state index in [-0.39, 0.29) is 35.9 Å². The summed E-state index contributed by atoms with van der Waals surface area (Å²) in [7, 11) is -2.71. The molecule has 1 amide bonds. The van der Waals surface area contributed by atoms with Gasteiger partial charge in [-0.2, -0.15) is 4.98 Å². The number of hydrogen-bond acceptors (Lipinski definition) is 9. The minimum Gasteiger partial charge on any atom is -0.495 e. The van der Waals surface area contributed by atoms with E-state index in [4.69, 9.17) is 16.3 Å². The summed E-state index contributed by atoms with van der Waals surface area (Å²) in [6.07, 6.45) is 6.71. The molecule has 4 rings (SSSR count). The van der Waals surface area contributed by atoms with Gasteiger partial charge in [-0.25, -0.2) is 19.9 Å². The Kier molecular flexibility index (Phi) is 8.45. The van der Waals surface area contributed by atoms with Crippen LogP contribution in [0.2, 0.25) is 5.02 Å².